The van der Waals surface area contributed by atoms with Crippen molar-refractivity contribution in [3.05, 3.63) is 36.2 Å². The maximum atomic E-state index is 12.0. The topological polar surface area (TPSA) is 90.1 Å². The highest BCUT2D eigenvalue weighted by Gasteiger charge is 2.06. The molecule has 1 heterocycles. The quantitative estimate of drug-likeness (QED) is 0.726. The van der Waals surface area contributed by atoms with Gasteiger partial charge in [0.25, 0.3) is 5.91 Å². The van der Waals surface area contributed by atoms with E-state index in [2.05, 4.69) is 15.3 Å². The second-order valence-electron chi connectivity index (χ2n) is 4.27. The molecule has 0 aliphatic carbocycles. The van der Waals surface area contributed by atoms with Gasteiger partial charge in [-0.3, -0.25) is 14.8 Å². The molecule has 2 aromatic rings. The summed E-state index contributed by atoms with van der Waals surface area (Å²) in [5, 5.41) is 2.84. The predicted molar refractivity (Wildman–Crippen MR) is 76.4 cm³/mol. The zero-order valence-electron chi connectivity index (χ0n) is 11.2. The fourth-order valence-corrected chi connectivity index (χ4v) is 1.77. The van der Waals surface area contributed by atoms with Crippen molar-refractivity contribution in [3.8, 4) is 0 Å². The smallest absolute Gasteiger partial charge is 0.251 e. The van der Waals surface area contributed by atoms with Crippen LogP contribution < -0.4 is 11.1 Å². The largest absolute Gasteiger partial charge is 0.380 e. The van der Waals surface area contributed by atoms with E-state index in [1.165, 1.54) is 0 Å². The van der Waals surface area contributed by atoms with Crippen molar-refractivity contribution in [1.29, 1.82) is 0 Å². The van der Waals surface area contributed by atoms with Gasteiger partial charge in [-0.15, -0.1) is 0 Å². The Morgan fingerprint density at radius 2 is 2.00 bits per heavy atom. The normalized spacial score (nSPS) is 10.7. The van der Waals surface area contributed by atoms with Crippen LogP contribution in [0.2, 0.25) is 0 Å². The minimum absolute atomic E-state index is 0.114. The van der Waals surface area contributed by atoms with Crippen LogP contribution in [0.5, 0.6) is 0 Å². The molecule has 6 heteroatoms. The average Bonchev–Trinajstić information content (AvgIpc) is 2.50. The molecule has 20 heavy (non-hydrogen) atoms. The average molecular weight is 274 g/mol. The molecule has 3 N–H and O–H groups in total. The van der Waals surface area contributed by atoms with Crippen molar-refractivity contribution >= 4 is 16.9 Å². The SMILES string of the molecule is NCCOCCCNC(=O)c1ccc2nccnc2c1. The molecule has 0 saturated heterocycles. The number of ether oxygens (including phenoxy) is 1. The number of benzene rings is 1. The van der Waals surface area contributed by atoms with Gasteiger partial charge in [0.2, 0.25) is 0 Å². The molecule has 6 nitrogen and oxygen atoms in total. The molecule has 2 rings (SSSR count). The molecule has 106 valence electrons. The molecule has 0 saturated carbocycles. The van der Waals surface area contributed by atoms with Gasteiger partial charge in [0, 0.05) is 37.7 Å². The van der Waals surface area contributed by atoms with Crippen molar-refractivity contribution in [2.45, 2.75) is 6.42 Å². The number of fused-ring (bicyclic) bond motifs is 1. The molecule has 0 radical (unpaired) electrons. The Balaban J connectivity index is 1.84. The lowest BCUT2D eigenvalue weighted by atomic mass is 10.2. The molecule has 0 spiro atoms. The van der Waals surface area contributed by atoms with Gasteiger partial charge in [-0.25, -0.2) is 0 Å². The van der Waals surface area contributed by atoms with Gasteiger partial charge in [-0.2, -0.15) is 0 Å². The van der Waals surface area contributed by atoms with E-state index >= 15 is 0 Å². The van der Waals surface area contributed by atoms with Crippen molar-refractivity contribution in [3.63, 3.8) is 0 Å². The van der Waals surface area contributed by atoms with Gasteiger partial charge in [0.1, 0.15) is 0 Å². The third-order valence-electron chi connectivity index (χ3n) is 2.74. The van der Waals surface area contributed by atoms with Gasteiger partial charge in [-0.05, 0) is 24.6 Å². The van der Waals surface area contributed by atoms with E-state index in [0.29, 0.717) is 37.4 Å². The first kappa shape index (κ1) is 14.4. The number of hydrogen-bond donors (Lipinski definition) is 2. The first-order valence-corrected chi connectivity index (χ1v) is 6.58. The molecule has 1 aromatic carbocycles. The number of carbonyl (C=O) groups excluding carboxylic acids is 1. The van der Waals surface area contributed by atoms with Crippen LogP contribution in [0.1, 0.15) is 16.8 Å². The molecule has 0 unspecified atom stereocenters. The summed E-state index contributed by atoms with van der Waals surface area (Å²) in [5.74, 6) is -0.114. The first-order chi connectivity index (χ1) is 9.81. The number of hydrogen-bond acceptors (Lipinski definition) is 5. The van der Waals surface area contributed by atoms with Crippen LogP contribution >= 0.6 is 0 Å². The van der Waals surface area contributed by atoms with Crippen molar-refractivity contribution in [2.75, 3.05) is 26.3 Å². The number of amides is 1. The van der Waals surface area contributed by atoms with Gasteiger partial charge in [0.15, 0.2) is 0 Å². The lowest BCUT2D eigenvalue weighted by Crippen LogP contribution is -2.25. The summed E-state index contributed by atoms with van der Waals surface area (Å²) < 4.78 is 5.23. The van der Waals surface area contributed by atoms with E-state index in [1.54, 1.807) is 30.6 Å². The van der Waals surface area contributed by atoms with Gasteiger partial charge < -0.3 is 15.8 Å². The lowest BCUT2D eigenvalue weighted by Gasteiger charge is -2.06. The Labute approximate surface area is 117 Å². The lowest BCUT2D eigenvalue weighted by molar-refractivity contribution is 0.0943. The Morgan fingerprint density at radius 3 is 2.80 bits per heavy atom. The van der Waals surface area contributed by atoms with Crippen LogP contribution in [0, 0.1) is 0 Å². The van der Waals surface area contributed by atoms with E-state index < -0.39 is 0 Å². The second-order valence-corrected chi connectivity index (χ2v) is 4.27. The molecule has 1 amide bonds. The number of nitrogens with two attached hydrogens (primary N) is 1. The van der Waals surface area contributed by atoms with Crippen molar-refractivity contribution < 1.29 is 9.53 Å². The Hall–Kier alpha value is -2.05. The number of nitrogens with one attached hydrogen (secondary N) is 1. The minimum Gasteiger partial charge on any atom is -0.380 e. The molecule has 0 atom stereocenters. The Morgan fingerprint density at radius 1 is 1.20 bits per heavy atom. The summed E-state index contributed by atoms with van der Waals surface area (Å²) in [6.45, 7) is 2.24. The van der Waals surface area contributed by atoms with E-state index in [9.17, 15) is 4.79 Å². The van der Waals surface area contributed by atoms with Crippen LogP contribution in [0.4, 0.5) is 0 Å². The summed E-state index contributed by atoms with van der Waals surface area (Å²) in [4.78, 5) is 20.3. The van der Waals surface area contributed by atoms with Gasteiger partial charge in [-0.1, -0.05) is 0 Å². The number of aromatic nitrogens is 2. The molecular weight excluding hydrogens is 256 g/mol. The minimum atomic E-state index is -0.114. The fourth-order valence-electron chi connectivity index (χ4n) is 1.77. The summed E-state index contributed by atoms with van der Waals surface area (Å²) in [6.07, 6.45) is 4.00. The number of carbonyl (C=O) groups is 1. The van der Waals surface area contributed by atoms with E-state index in [0.717, 1.165) is 11.9 Å². The number of rotatable bonds is 7. The molecule has 0 aliphatic heterocycles. The molecule has 0 aliphatic rings. The van der Waals surface area contributed by atoms with Crippen LogP contribution in [0.25, 0.3) is 11.0 Å². The van der Waals surface area contributed by atoms with Gasteiger partial charge in [0.05, 0.1) is 17.6 Å². The third kappa shape index (κ3) is 3.97. The fraction of sp³-hybridized carbons (Fsp3) is 0.357. The first-order valence-electron chi connectivity index (χ1n) is 6.58. The maximum absolute atomic E-state index is 12.0. The highest BCUT2D eigenvalue weighted by Crippen LogP contribution is 2.10. The zero-order valence-corrected chi connectivity index (χ0v) is 11.2. The third-order valence-corrected chi connectivity index (χ3v) is 2.74. The molecule has 0 bridgehead atoms. The predicted octanol–water partition coefficient (Wildman–Crippen LogP) is 0.725. The second kappa shape index (κ2) is 7.52. The standard InChI is InChI=1S/C14H18N4O2/c15-4-9-20-8-1-5-18-14(19)11-2-3-12-13(10-11)17-7-6-16-12/h2-3,6-7,10H,1,4-5,8-9,15H2,(H,18,19). The highest BCUT2D eigenvalue weighted by atomic mass is 16.5. The monoisotopic (exact) mass is 274 g/mol. The summed E-state index contributed by atoms with van der Waals surface area (Å²) in [7, 11) is 0. The molecule has 1 aromatic heterocycles. The van der Waals surface area contributed by atoms with Crippen molar-refractivity contribution in [1.82, 2.24) is 15.3 Å². The summed E-state index contributed by atoms with van der Waals surface area (Å²) >= 11 is 0. The van der Waals surface area contributed by atoms with E-state index in [1.807, 2.05) is 0 Å². The van der Waals surface area contributed by atoms with Crippen LogP contribution in [0.3, 0.4) is 0 Å². The summed E-state index contributed by atoms with van der Waals surface area (Å²) in [6, 6.07) is 5.28. The van der Waals surface area contributed by atoms with E-state index in [4.69, 9.17) is 10.5 Å². The molecule has 0 fully saturated rings. The van der Waals surface area contributed by atoms with Crippen LogP contribution in [0.15, 0.2) is 30.6 Å². The van der Waals surface area contributed by atoms with Crippen LogP contribution in [-0.2, 0) is 4.74 Å². The van der Waals surface area contributed by atoms with Crippen molar-refractivity contribution in [2.24, 2.45) is 5.73 Å². The highest BCUT2D eigenvalue weighted by molar-refractivity contribution is 5.97. The Bertz CT molecular complexity index is 574. The number of nitrogens with zero attached hydrogens (tertiary/aromatic N) is 2. The summed E-state index contributed by atoms with van der Waals surface area (Å²) in [5.41, 5.74) is 7.38. The van der Waals surface area contributed by atoms with Gasteiger partial charge >= 0.3 is 0 Å². The maximum Gasteiger partial charge on any atom is 0.251 e. The Kier molecular flexibility index (Phi) is 5.40. The van der Waals surface area contributed by atoms with Crippen LogP contribution in [-0.4, -0.2) is 42.2 Å². The van der Waals surface area contributed by atoms with E-state index in [-0.39, 0.29) is 5.91 Å². The zero-order chi connectivity index (χ0) is 14.2. The molecular formula is C14H18N4O2.